The van der Waals surface area contributed by atoms with Gasteiger partial charge in [-0.1, -0.05) is 63.3 Å². The van der Waals surface area contributed by atoms with E-state index in [9.17, 15) is 9.59 Å². The van der Waals surface area contributed by atoms with Crippen LogP contribution >= 0.6 is 0 Å². The molecule has 0 aromatic heterocycles. The summed E-state index contributed by atoms with van der Waals surface area (Å²) in [4.78, 5) is 24.9. The lowest BCUT2D eigenvalue weighted by molar-refractivity contribution is 0.0971. The van der Waals surface area contributed by atoms with Gasteiger partial charge in [-0.2, -0.15) is 0 Å². The van der Waals surface area contributed by atoms with E-state index < -0.39 is 0 Å². The van der Waals surface area contributed by atoms with Crippen molar-refractivity contribution in [1.82, 2.24) is 0 Å². The fraction of sp³-hybridized carbons (Fsp3) is 0.474. The van der Waals surface area contributed by atoms with Gasteiger partial charge in [0.1, 0.15) is 0 Å². The third-order valence-corrected chi connectivity index (χ3v) is 4.26. The molecule has 0 spiro atoms. The highest BCUT2D eigenvalue weighted by molar-refractivity contribution is 6.26. The second-order valence-electron chi connectivity index (χ2n) is 5.83. The van der Waals surface area contributed by atoms with Gasteiger partial charge in [-0.05, 0) is 19.8 Å². The third kappa shape index (κ3) is 3.49. The second kappa shape index (κ2) is 7.35. The van der Waals surface area contributed by atoms with E-state index in [4.69, 9.17) is 0 Å². The van der Waals surface area contributed by atoms with Gasteiger partial charge in [0.25, 0.3) is 0 Å². The first-order chi connectivity index (χ1) is 10.2. The van der Waals surface area contributed by atoms with Crippen molar-refractivity contribution in [1.29, 1.82) is 0 Å². The molecule has 2 heteroatoms. The van der Waals surface area contributed by atoms with Crippen LogP contribution in [0.15, 0.2) is 35.4 Å². The van der Waals surface area contributed by atoms with Crippen LogP contribution in [0.2, 0.25) is 0 Å². The van der Waals surface area contributed by atoms with E-state index in [2.05, 4.69) is 6.92 Å². The lowest BCUT2D eigenvalue weighted by Crippen LogP contribution is -2.20. The maximum Gasteiger partial charge on any atom is 0.190 e. The minimum absolute atomic E-state index is 0.0196. The zero-order valence-corrected chi connectivity index (χ0v) is 13.1. The molecule has 0 radical (unpaired) electrons. The Morgan fingerprint density at radius 3 is 2.05 bits per heavy atom. The van der Waals surface area contributed by atoms with E-state index in [0.717, 1.165) is 24.8 Å². The molecule has 0 heterocycles. The number of unbranched alkanes of at least 4 members (excludes halogenated alkanes) is 5. The number of carbonyl (C=O) groups excluding carboxylic acids is 2. The highest BCUT2D eigenvalue weighted by atomic mass is 16.1. The van der Waals surface area contributed by atoms with Gasteiger partial charge in [0.15, 0.2) is 11.6 Å². The molecule has 1 aromatic carbocycles. The summed E-state index contributed by atoms with van der Waals surface area (Å²) < 4.78 is 0. The topological polar surface area (TPSA) is 34.1 Å². The number of hydrogen-bond acceptors (Lipinski definition) is 2. The van der Waals surface area contributed by atoms with Gasteiger partial charge in [0.05, 0.1) is 0 Å². The maximum absolute atomic E-state index is 12.5. The smallest absolute Gasteiger partial charge is 0.190 e. The SMILES string of the molecule is CCCCCCCCC1=C(C)C(=O)c2ccccc2C1=O. The van der Waals surface area contributed by atoms with Gasteiger partial charge in [-0.15, -0.1) is 0 Å². The summed E-state index contributed by atoms with van der Waals surface area (Å²) in [6, 6.07) is 7.16. The van der Waals surface area contributed by atoms with Crippen LogP contribution in [0.25, 0.3) is 0 Å². The summed E-state index contributed by atoms with van der Waals surface area (Å²) >= 11 is 0. The summed E-state index contributed by atoms with van der Waals surface area (Å²) in [5.41, 5.74) is 2.52. The minimum atomic E-state index is 0.0196. The molecule has 1 aliphatic carbocycles. The molecule has 0 fully saturated rings. The number of rotatable bonds is 7. The first-order valence-electron chi connectivity index (χ1n) is 8.05. The molecule has 0 bridgehead atoms. The summed E-state index contributed by atoms with van der Waals surface area (Å²) in [6.45, 7) is 4.00. The first-order valence-corrected chi connectivity index (χ1v) is 8.05. The number of ketones is 2. The van der Waals surface area contributed by atoms with Crippen LogP contribution in [0.5, 0.6) is 0 Å². The quantitative estimate of drug-likeness (QED) is 0.650. The van der Waals surface area contributed by atoms with E-state index >= 15 is 0 Å². The van der Waals surface area contributed by atoms with Crippen molar-refractivity contribution in [3.8, 4) is 0 Å². The molecule has 0 saturated heterocycles. The van der Waals surface area contributed by atoms with Crippen LogP contribution in [0, 0.1) is 0 Å². The molecular formula is C19H24O2. The molecule has 1 aromatic rings. The van der Waals surface area contributed by atoms with Crippen molar-refractivity contribution in [2.24, 2.45) is 0 Å². The Kier molecular flexibility index (Phi) is 5.49. The molecule has 21 heavy (non-hydrogen) atoms. The van der Waals surface area contributed by atoms with Gasteiger partial charge in [-0.25, -0.2) is 0 Å². The molecular weight excluding hydrogens is 260 g/mol. The zero-order valence-electron chi connectivity index (χ0n) is 13.1. The van der Waals surface area contributed by atoms with Crippen LogP contribution in [0.3, 0.4) is 0 Å². The molecule has 2 nitrogen and oxygen atoms in total. The van der Waals surface area contributed by atoms with E-state index in [-0.39, 0.29) is 11.6 Å². The Morgan fingerprint density at radius 2 is 1.38 bits per heavy atom. The Morgan fingerprint density at radius 1 is 0.810 bits per heavy atom. The molecule has 0 unspecified atom stereocenters. The van der Waals surface area contributed by atoms with Crippen molar-refractivity contribution in [2.45, 2.75) is 58.8 Å². The molecule has 112 valence electrons. The first kappa shape index (κ1) is 15.7. The van der Waals surface area contributed by atoms with E-state index in [1.165, 1.54) is 25.7 Å². The van der Waals surface area contributed by atoms with Gasteiger partial charge < -0.3 is 0 Å². The largest absolute Gasteiger partial charge is 0.289 e. The number of allylic oxidation sites excluding steroid dienone is 2. The Hall–Kier alpha value is -1.70. The van der Waals surface area contributed by atoms with Crippen molar-refractivity contribution < 1.29 is 9.59 Å². The van der Waals surface area contributed by atoms with Gasteiger partial charge >= 0.3 is 0 Å². The molecule has 0 amide bonds. The summed E-state index contributed by atoms with van der Waals surface area (Å²) in [7, 11) is 0. The number of Topliss-reactive ketones (excluding diaryl/α,β-unsaturated/α-hetero) is 2. The Balaban J connectivity index is 2.01. The fourth-order valence-corrected chi connectivity index (χ4v) is 2.93. The summed E-state index contributed by atoms with van der Waals surface area (Å²) in [6.07, 6.45) is 7.89. The Labute approximate surface area is 127 Å². The molecule has 1 aliphatic rings. The van der Waals surface area contributed by atoms with Crippen molar-refractivity contribution in [2.75, 3.05) is 0 Å². The van der Waals surface area contributed by atoms with Crippen molar-refractivity contribution in [3.63, 3.8) is 0 Å². The van der Waals surface area contributed by atoms with E-state index in [1.54, 1.807) is 19.1 Å². The van der Waals surface area contributed by atoms with Crippen LogP contribution in [-0.4, -0.2) is 11.6 Å². The van der Waals surface area contributed by atoms with Gasteiger partial charge in [0.2, 0.25) is 0 Å². The second-order valence-corrected chi connectivity index (χ2v) is 5.83. The molecule has 0 N–H and O–H groups in total. The predicted molar refractivity (Wildman–Crippen MR) is 85.8 cm³/mol. The number of carbonyl (C=O) groups is 2. The highest BCUT2D eigenvalue weighted by Crippen LogP contribution is 2.29. The predicted octanol–water partition coefficient (Wildman–Crippen LogP) is 5.13. The fourth-order valence-electron chi connectivity index (χ4n) is 2.93. The third-order valence-electron chi connectivity index (χ3n) is 4.26. The normalized spacial score (nSPS) is 14.6. The van der Waals surface area contributed by atoms with Crippen LogP contribution < -0.4 is 0 Å². The maximum atomic E-state index is 12.5. The lowest BCUT2D eigenvalue weighted by Gasteiger charge is -2.18. The van der Waals surface area contributed by atoms with Crippen LogP contribution in [-0.2, 0) is 0 Å². The monoisotopic (exact) mass is 284 g/mol. The Bertz CT molecular complexity index is 567. The lowest BCUT2D eigenvalue weighted by atomic mass is 9.82. The minimum Gasteiger partial charge on any atom is -0.289 e. The average molecular weight is 284 g/mol. The van der Waals surface area contributed by atoms with E-state index in [1.807, 2.05) is 12.1 Å². The number of benzene rings is 1. The summed E-state index contributed by atoms with van der Waals surface area (Å²) in [5.74, 6) is 0.0717. The molecule has 0 saturated carbocycles. The van der Waals surface area contributed by atoms with Crippen LogP contribution in [0.1, 0.15) is 79.5 Å². The van der Waals surface area contributed by atoms with Gasteiger partial charge in [0, 0.05) is 22.3 Å². The summed E-state index contributed by atoms with van der Waals surface area (Å²) in [5, 5.41) is 0. The molecule has 0 aliphatic heterocycles. The average Bonchev–Trinajstić information content (AvgIpc) is 2.51. The van der Waals surface area contributed by atoms with Gasteiger partial charge in [-0.3, -0.25) is 9.59 Å². The zero-order chi connectivity index (χ0) is 15.2. The standard InChI is InChI=1S/C19H24O2/c1-3-4-5-6-7-8-11-15-14(2)18(20)16-12-9-10-13-17(16)19(15)21/h9-10,12-13H,3-8,11H2,1-2H3. The van der Waals surface area contributed by atoms with Crippen molar-refractivity contribution >= 4 is 11.6 Å². The number of fused-ring (bicyclic) bond motifs is 1. The number of hydrogen-bond donors (Lipinski definition) is 0. The molecule has 0 atom stereocenters. The highest BCUT2D eigenvalue weighted by Gasteiger charge is 2.28. The van der Waals surface area contributed by atoms with Crippen LogP contribution in [0.4, 0.5) is 0 Å². The van der Waals surface area contributed by atoms with Crippen molar-refractivity contribution in [3.05, 3.63) is 46.5 Å². The molecule has 2 rings (SSSR count). The van der Waals surface area contributed by atoms with E-state index in [0.29, 0.717) is 16.7 Å².